The van der Waals surface area contributed by atoms with Gasteiger partial charge >= 0.3 is 0 Å². The third-order valence-corrected chi connectivity index (χ3v) is 2.13. The summed E-state index contributed by atoms with van der Waals surface area (Å²) in [4.78, 5) is 23.3. The number of anilines is 1. The molecule has 0 unspecified atom stereocenters. The average Bonchev–Trinajstić information content (AvgIpc) is 2.24. The fourth-order valence-electron chi connectivity index (χ4n) is 1.42. The van der Waals surface area contributed by atoms with Crippen LogP contribution in [0.1, 0.15) is 31.1 Å². The zero-order chi connectivity index (χ0) is 13.8. The highest BCUT2D eigenvalue weighted by molar-refractivity contribution is 6.00. The van der Waals surface area contributed by atoms with Gasteiger partial charge in [0.05, 0.1) is 12.1 Å². The minimum atomic E-state index is -0.350. The van der Waals surface area contributed by atoms with Crippen molar-refractivity contribution in [2.75, 3.05) is 12.3 Å². The van der Waals surface area contributed by atoms with E-state index in [2.05, 4.69) is 10.6 Å². The van der Waals surface area contributed by atoms with Crippen LogP contribution >= 0.6 is 12.4 Å². The van der Waals surface area contributed by atoms with Gasteiger partial charge in [-0.3, -0.25) is 9.59 Å². The summed E-state index contributed by atoms with van der Waals surface area (Å²) < 4.78 is 0. The second-order valence-electron chi connectivity index (χ2n) is 5.07. The molecule has 0 aliphatic rings. The lowest BCUT2D eigenvalue weighted by atomic mass is 10.1. The Hall–Kier alpha value is -1.75. The second kappa shape index (κ2) is 6.99. The Morgan fingerprint density at radius 2 is 1.79 bits per heavy atom. The number of amides is 2. The van der Waals surface area contributed by atoms with Gasteiger partial charge in [0, 0.05) is 11.2 Å². The number of nitrogen functional groups attached to an aromatic ring is 1. The molecular weight excluding hydrogens is 266 g/mol. The normalized spacial score (nSPS) is 10.3. The standard InChI is InChI=1S/C13H19N3O2.ClH/c1-13(2,3)16-11(17)8-15-12(18)9-6-4-5-7-10(9)14;/h4-7H,8,14H2,1-3H3,(H,15,18)(H,16,17);1H. The first-order valence-corrected chi connectivity index (χ1v) is 5.73. The van der Waals surface area contributed by atoms with Gasteiger partial charge in [0.25, 0.3) is 5.91 Å². The van der Waals surface area contributed by atoms with Gasteiger partial charge in [0.15, 0.2) is 0 Å². The highest BCUT2D eigenvalue weighted by Gasteiger charge is 2.15. The summed E-state index contributed by atoms with van der Waals surface area (Å²) in [6.45, 7) is 5.57. The van der Waals surface area contributed by atoms with Gasteiger partial charge < -0.3 is 16.4 Å². The lowest BCUT2D eigenvalue weighted by Gasteiger charge is -2.20. The van der Waals surface area contributed by atoms with Gasteiger partial charge in [0.1, 0.15) is 0 Å². The van der Waals surface area contributed by atoms with Crippen molar-refractivity contribution in [1.82, 2.24) is 10.6 Å². The van der Waals surface area contributed by atoms with Crippen LogP contribution in [0.5, 0.6) is 0 Å². The quantitative estimate of drug-likeness (QED) is 0.733. The highest BCUT2D eigenvalue weighted by atomic mass is 35.5. The molecule has 1 aromatic carbocycles. The third-order valence-electron chi connectivity index (χ3n) is 2.13. The molecule has 6 heteroatoms. The van der Waals surface area contributed by atoms with Crippen LogP contribution in [0.3, 0.4) is 0 Å². The lowest BCUT2D eigenvalue weighted by Crippen LogP contribution is -2.45. The molecule has 0 aromatic heterocycles. The zero-order valence-corrected chi connectivity index (χ0v) is 12.1. The molecule has 1 aromatic rings. The van der Waals surface area contributed by atoms with Crippen LogP contribution in [0, 0.1) is 0 Å². The van der Waals surface area contributed by atoms with Crippen LogP contribution in [0.2, 0.25) is 0 Å². The SMILES string of the molecule is CC(C)(C)NC(=O)CNC(=O)c1ccccc1N.Cl. The number of para-hydroxylation sites is 1. The fourth-order valence-corrected chi connectivity index (χ4v) is 1.42. The molecule has 0 spiro atoms. The van der Waals surface area contributed by atoms with E-state index in [0.29, 0.717) is 11.3 Å². The molecule has 0 fully saturated rings. The molecule has 4 N–H and O–H groups in total. The molecular formula is C13H20ClN3O2. The third kappa shape index (κ3) is 6.10. The van der Waals surface area contributed by atoms with E-state index in [9.17, 15) is 9.59 Å². The Balaban J connectivity index is 0.00000324. The van der Waals surface area contributed by atoms with Gasteiger partial charge in [-0.05, 0) is 32.9 Å². The lowest BCUT2D eigenvalue weighted by molar-refractivity contribution is -0.121. The molecule has 19 heavy (non-hydrogen) atoms. The zero-order valence-electron chi connectivity index (χ0n) is 11.3. The van der Waals surface area contributed by atoms with Crippen molar-refractivity contribution in [2.24, 2.45) is 0 Å². The maximum absolute atomic E-state index is 11.8. The topological polar surface area (TPSA) is 84.2 Å². The minimum Gasteiger partial charge on any atom is -0.398 e. The predicted molar refractivity (Wildman–Crippen MR) is 78.3 cm³/mol. The molecule has 2 amide bonds. The first-order valence-electron chi connectivity index (χ1n) is 5.73. The monoisotopic (exact) mass is 285 g/mol. The Labute approximate surface area is 119 Å². The molecule has 106 valence electrons. The molecule has 0 heterocycles. The van der Waals surface area contributed by atoms with E-state index in [1.54, 1.807) is 24.3 Å². The number of rotatable bonds is 3. The fraction of sp³-hybridized carbons (Fsp3) is 0.385. The van der Waals surface area contributed by atoms with Crippen LogP contribution in [0.25, 0.3) is 0 Å². The number of nitrogens with one attached hydrogen (secondary N) is 2. The average molecular weight is 286 g/mol. The maximum Gasteiger partial charge on any atom is 0.253 e. The van der Waals surface area contributed by atoms with E-state index in [4.69, 9.17) is 5.73 Å². The molecule has 0 atom stereocenters. The molecule has 1 rings (SSSR count). The summed E-state index contributed by atoms with van der Waals surface area (Å²) in [5.74, 6) is -0.581. The van der Waals surface area contributed by atoms with Crippen molar-refractivity contribution in [3.05, 3.63) is 29.8 Å². The first-order chi connectivity index (χ1) is 8.29. The summed E-state index contributed by atoms with van der Waals surface area (Å²) in [5.41, 5.74) is 6.13. The summed E-state index contributed by atoms with van der Waals surface area (Å²) in [5, 5.41) is 5.29. The number of benzene rings is 1. The Bertz CT molecular complexity index is 455. The molecule has 0 aliphatic carbocycles. The molecule has 0 saturated heterocycles. The Morgan fingerprint density at radius 1 is 1.21 bits per heavy atom. The van der Waals surface area contributed by atoms with Crippen LogP contribution in [0.15, 0.2) is 24.3 Å². The number of carbonyl (C=O) groups is 2. The van der Waals surface area contributed by atoms with E-state index < -0.39 is 0 Å². The Kier molecular flexibility index (Phi) is 6.35. The summed E-state index contributed by atoms with van der Waals surface area (Å²) in [6, 6.07) is 6.73. The number of carbonyl (C=O) groups excluding carboxylic acids is 2. The van der Waals surface area contributed by atoms with Crippen LogP contribution < -0.4 is 16.4 Å². The summed E-state index contributed by atoms with van der Waals surface area (Å²) in [7, 11) is 0. The minimum absolute atomic E-state index is 0. The van der Waals surface area contributed by atoms with Crippen LogP contribution in [-0.4, -0.2) is 23.9 Å². The maximum atomic E-state index is 11.8. The van der Waals surface area contributed by atoms with Gasteiger partial charge in [-0.1, -0.05) is 12.1 Å². The van der Waals surface area contributed by atoms with Crippen LogP contribution in [0.4, 0.5) is 5.69 Å². The predicted octanol–water partition coefficient (Wildman–Crippen LogP) is 1.34. The molecule has 0 saturated carbocycles. The molecule has 0 aliphatic heterocycles. The van der Waals surface area contributed by atoms with E-state index in [1.807, 2.05) is 20.8 Å². The summed E-state index contributed by atoms with van der Waals surface area (Å²) in [6.07, 6.45) is 0. The largest absolute Gasteiger partial charge is 0.398 e. The highest BCUT2D eigenvalue weighted by Crippen LogP contribution is 2.09. The van der Waals surface area contributed by atoms with Crippen molar-refractivity contribution in [3.63, 3.8) is 0 Å². The van der Waals surface area contributed by atoms with Crippen LogP contribution in [-0.2, 0) is 4.79 Å². The number of hydrogen-bond donors (Lipinski definition) is 3. The Morgan fingerprint density at radius 3 is 2.32 bits per heavy atom. The van der Waals surface area contributed by atoms with Crippen molar-refractivity contribution >= 4 is 29.9 Å². The molecule has 0 radical (unpaired) electrons. The van der Waals surface area contributed by atoms with Crippen molar-refractivity contribution < 1.29 is 9.59 Å². The molecule has 0 bridgehead atoms. The van der Waals surface area contributed by atoms with E-state index in [1.165, 1.54) is 0 Å². The van der Waals surface area contributed by atoms with Crippen molar-refractivity contribution in [2.45, 2.75) is 26.3 Å². The second-order valence-corrected chi connectivity index (χ2v) is 5.07. The van der Waals surface area contributed by atoms with Gasteiger partial charge in [-0.25, -0.2) is 0 Å². The number of nitrogens with two attached hydrogens (primary N) is 1. The van der Waals surface area contributed by atoms with Gasteiger partial charge in [-0.15, -0.1) is 12.4 Å². The smallest absolute Gasteiger partial charge is 0.253 e. The first kappa shape index (κ1) is 17.2. The molecule has 5 nitrogen and oxygen atoms in total. The van der Waals surface area contributed by atoms with Crippen molar-refractivity contribution in [3.8, 4) is 0 Å². The van der Waals surface area contributed by atoms with Crippen molar-refractivity contribution in [1.29, 1.82) is 0 Å². The van der Waals surface area contributed by atoms with E-state index in [-0.39, 0.29) is 36.3 Å². The van der Waals surface area contributed by atoms with E-state index in [0.717, 1.165) is 0 Å². The van der Waals surface area contributed by atoms with Gasteiger partial charge in [-0.2, -0.15) is 0 Å². The van der Waals surface area contributed by atoms with Gasteiger partial charge in [0.2, 0.25) is 5.91 Å². The van der Waals surface area contributed by atoms with E-state index >= 15 is 0 Å². The number of hydrogen-bond acceptors (Lipinski definition) is 3. The summed E-state index contributed by atoms with van der Waals surface area (Å²) >= 11 is 0. The number of halogens is 1.